The number of ether oxygens (including phenoxy) is 1. The van der Waals surface area contributed by atoms with Gasteiger partial charge >= 0.3 is 0 Å². The number of oxime groups is 1. The maximum atomic E-state index is 8.83. The molecular weight excluding hydrogens is 282 g/mol. The molecule has 1 heterocycles. The lowest BCUT2D eigenvalue weighted by Crippen LogP contribution is -2.13. The molecule has 1 aliphatic heterocycles. The van der Waals surface area contributed by atoms with E-state index in [1.165, 1.54) is 10.5 Å². The summed E-state index contributed by atoms with van der Waals surface area (Å²) in [5.74, 6) is 0.812. The molecule has 0 spiro atoms. The molecule has 0 saturated carbocycles. The van der Waals surface area contributed by atoms with Crippen LogP contribution >= 0.6 is 11.8 Å². The van der Waals surface area contributed by atoms with Gasteiger partial charge in [0.25, 0.3) is 0 Å². The molecule has 0 fully saturated rings. The van der Waals surface area contributed by atoms with Crippen LogP contribution in [0, 0.1) is 0 Å². The first-order chi connectivity index (χ1) is 10.3. The predicted octanol–water partition coefficient (Wildman–Crippen LogP) is 3.98. The Labute approximate surface area is 128 Å². The van der Waals surface area contributed by atoms with Gasteiger partial charge in [-0.05, 0) is 37.1 Å². The van der Waals surface area contributed by atoms with Crippen LogP contribution < -0.4 is 4.74 Å². The Morgan fingerprint density at radius 3 is 2.95 bits per heavy atom. The molecule has 0 radical (unpaired) electrons. The minimum Gasteiger partial charge on any atom is -0.492 e. The lowest BCUT2D eigenvalue weighted by molar-refractivity contribution is 0.316. The molecule has 0 bridgehead atoms. The predicted molar refractivity (Wildman–Crippen MR) is 85.7 cm³/mol. The third-order valence-electron chi connectivity index (χ3n) is 3.55. The van der Waals surface area contributed by atoms with Crippen LogP contribution in [0.25, 0.3) is 0 Å². The average molecular weight is 299 g/mol. The molecule has 0 aliphatic carbocycles. The number of rotatable bonds is 4. The van der Waals surface area contributed by atoms with Gasteiger partial charge in [0.2, 0.25) is 0 Å². The van der Waals surface area contributed by atoms with Crippen LogP contribution in [0.15, 0.2) is 58.6 Å². The van der Waals surface area contributed by atoms with E-state index in [1.54, 1.807) is 6.92 Å². The molecule has 1 N–H and O–H groups in total. The second kappa shape index (κ2) is 6.22. The average Bonchev–Trinajstić information content (AvgIpc) is 2.95. The summed E-state index contributed by atoms with van der Waals surface area (Å²) in [7, 11) is 0. The topological polar surface area (TPSA) is 41.8 Å². The summed E-state index contributed by atoms with van der Waals surface area (Å²) in [6.07, 6.45) is 1.05. The van der Waals surface area contributed by atoms with Gasteiger partial charge in [0.15, 0.2) is 0 Å². The number of hydrogen-bond acceptors (Lipinski definition) is 4. The molecule has 1 unspecified atom stereocenters. The van der Waals surface area contributed by atoms with Crippen LogP contribution in [-0.2, 0) is 6.42 Å². The van der Waals surface area contributed by atoms with Gasteiger partial charge in [-0.15, -0.1) is 11.8 Å². The molecule has 108 valence electrons. The molecule has 1 atom stereocenters. The summed E-state index contributed by atoms with van der Waals surface area (Å²) >= 11 is 1.88. The van der Waals surface area contributed by atoms with E-state index in [1.807, 2.05) is 36.0 Å². The zero-order valence-electron chi connectivity index (χ0n) is 11.8. The van der Waals surface area contributed by atoms with E-state index < -0.39 is 0 Å². The summed E-state index contributed by atoms with van der Waals surface area (Å²) in [5, 5.41) is 12.5. The lowest BCUT2D eigenvalue weighted by atomic mass is 10.1. The third kappa shape index (κ3) is 3.22. The molecule has 3 nitrogen and oxygen atoms in total. The fraction of sp³-hybridized carbons (Fsp3) is 0.235. The van der Waals surface area contributed by atoms with Crippen molar-refractivity contribution < 1.29 is 9.94 Å². The van der Waals surface area contributed by atoms with Gasteiger partial charge in [-0.1, -0.05) is 35.5 Å². The lowest BCUT2D eigenvalue weighted by Gasteiger charge is -2.11. The highest BCUT2D eigenvalue weighted by Crippen LogP contribution is 2.36. The summed E-state index contributed by atoms with van der Waals surface area (Å²) in [5.41, 5.74) is 2.87. The van der Waals surface area contributed by atoms with E-state index in [4.69, 9.17) is 9.94 Å². The van der Waals surface area contributed by atoms with E-state index in [2.05, 4.69) is 29.4 Å². The van der Waals surface area contributed by atoms with Gasteiger partial charge < -0.3 is 9.94 Å². The smallest absolute Gasteiger partial charge is 0.120 e. The summed E-state index contributed by atoms with van der Waals surface area (Å²) < 4.78 is 5.90. The molecular formula is C17H17NO2S. The van der Waals surface area contributed by atoms with Crippen molar-refractivity contribution in [3.8, 4) is 5.75 Å². The van der Waals surface area contributed by atoms with Crippen molar-refractivity contribution in [2.24, 2.45) is 5.16 Å². The minimum atomic E-state index is 0.457. The van der Waals surface area contributed by atoms with Crippen molar-refractivity contribution in [3.63, 3.8) is 0 Å². The van der Waals surface area contributed by atoms with Crippen LogP contribution in [0.3, 0.4) is 0 Å². The number of nitrogens with zero attached hydrogens (tertiary/aromatic N) is 1. The Balaban J connectivity index is 1.62. The Kier molecular flexibility index (Phi) is 4.15. The Morgan fingerprint density at radius 1 is 1.29 bits per heavy atom. The van der Waals surface area contributed by atoms with Crippen molar-refractivity contribution >= 4 is 17.5 Å². The second-order valence-corrected chi connectivity index (χ2v) is 6.42. The summed E-state index contributed by atoms with van der Waals surface area (Å²) in [6, 6.07) is 16.2. The second-order valence-electron chi connectivity index (χ2n) is 5.08. The first-order valence-corrected chi connectivity index (χ1v) is 7.80. The van der Waals surface area contributed by atoms with E-state index in [-0.39, 0.29) is 0 Å². The SMILES string of the molecule is CC(=NO)c1cccc(OCC2Cc3ccccc3S2)c1. The van der Waals surface area contributed by atoms with Crippen molar-refractivity contribution in [1.82, 2.24) is 0 Å². The first kappa shape index (κ1) is 14.0. The molecule has 0 aromatic heterocycles. The standard InChI is InChI=1S/C17H17NO2S/c1-12(18-19)13-6-4-7-15(9-13)20-11-16-10-14-5-2-3-8-17(14)21-16/h2-9,16,19H,10-11H2,1H3. The van der Waals surface area contributed by atoms with E-state index >= 15 is 0 Å². The van der Waals surface area contributed by atoms with Gasteiger partial charge in [-0.25, -0.2) is 0 Å². The highest BCUT2D eigenvalue weighted by molar-refractivity contribution is 8.00. The summed E-state index contributed by atoms with van der Waals surface area (Å²) in [6.45, 7) is 2.45. The van der Waals surface area contributed by atoms with Crippen molar-refractivity contribution in [2.75, 3.05) is 6.61 Å². The van der Waals surface area contributed by atoms with E-state index in [0.29, 0.717) is 17.6 Å². The molecule has 0 saturated heterocycles. The molecule has 2 aromatic rings. The highest BCUT2D eigenvalue weighted by atomic mass is 32.2. The highest BCUT2D eigenvalue weighted by Gasteiger charge is 2.22. The monoisotopic (exact) mass is 299 g/mol. The molecule has 21 heavy (non-hydrogen) atoms. The van der Waals surface area contributed by atoms with Crippen LogP contribution in [-0.4, -0.2) is 22.8 Å². The quantitative estimate of drug-likeness (QED) is 0.527. The summed E-state index contributed by atoms with van der Waals surface area (Å²) in [4.78, 5) is 1.36. The van der Waals surface area contributed by atoms with E-state index in [9.17, 15) is 0 Å². The van der Waals surface area contributed by atoms with Crippen molar-refractivity contribution in [3.05, 3.63) is 59.7 Å². The third-order valence-corrected chi connectivity index (χ3v) is 4.84. The maximum Gasteiger partial charge on any atom is 0.120 e. The first-order valence-electron chi connectivity index (χ1n) is 6.92. The zero-order chi connectivity index (χ0) is 14.7. The van der Waals surface area contributed by atoms with Gasteiger partial charge in [-0.3, -0.25) is 0 Å². The van der Waals surface area contributed by atoms with Crippen molar-refractivity contribution in [2.45, 2.75) is 23.5 Å². The van der Waals surface area contributed by atoms with Gasteiger partial charge in [-0.2, -0.15) is 0 Å². The molecule has 0 amide bonds. The van der Waals surface area contributed by atoms with Gasteiger partial charge in [0.05, 0.1) is 5.71 Å². The molecule has 4 heteroatoms. The Bertz CT molecular complexity index is 644. The van der Waals surface area contributed by atoms with Crippen LogP contribution in [0.5, 0.6) is 5.75 Å². The fourth-order valence-electron chi connectivity index (χ4n) is 2.40. The van der Waals surface area contributed by atoms with Gasteiger partial charge in [0, 0.05) is 15.7 Å². The van der Waals surface area contributed by atoms with Gasteiger partial charge in [0.1, 0.15) is 12.4 Å². The van der Waals surface area contributed by atoms with Crippen LogP contribution in [0.4, 0.5) is 0 Å². The molecule has 2 aromatic carbocycles. The number of thioether (sulfide) groups is 1. The van der Waals surface area contributed by atoms with Crippen molar-refractivity contribution in [1.29, 1.82) is 0 Å². The largest absolute Gasteiger partial charge is 0.492 e. The molecule has 1 aliphatic rings. The Morgan fingerprint density at radius 2 is 2.14 bits per heavy atom. The number of fused-ring (bicyclic) bond motifs is 1. The molecule has 3 rings (SSSR count). The van der Waals surface area contributed by atoms with Crippen LogP contribution in [0.1, 0.15) is 18.1 Å². The Hall–Kier alpha value is -1.94. The number of benzene rings is 2. The van der Waals surface area contributed by atoms with Crippen LogP contribution in [0.2, 0.25) is 0 Å². The van der Waals surface area contributed by atoms with E-state index in [0.717, 1.165) is 17.7 Å². The number of hydrogen-bond donors (Lipinski definition) is 1. The zero-order valence-corrected chi connectivity index (χ0v) is 12.6. The fourth-order valence-corrected chi connectivity index (χ4v) is 3.62. The minimum absolute atomic E-state index is 0.457. The normalized spacial score (nSPS) is 17.6. The maximum absolute atomic E-state index is 8.83.